The largest absolute Gasteiger partial charge is 0.478 e. The van der Waals surface area contributed by atoms with Crippen molar-refractivity contribution in [1.29, 1.82) is 0 Å². The molecule has 114 valence electrons. The number of carboxylic acid groups (broad SMARTS) is 1. The number of anilines is 1. The van der Waals surface area contributed by atoms with Crippen LogP contribution in [-0.4, -0.2) is 67.2 Å². The van der Waals surface area contributed by atoms with Crippen LogP contribution in [0, 0.1) is 0 Å². The Morgan fingerprint density at radius 2 is 1.90 bits per heavy atom. The number of hydrogen-bond acceptors (Lipinski definition) is 3. The zero-order valence-corrected chi connectivity index (χ0v) is 12.6. The molecule has 1 unspecified atom stereocenters. The number of likely N-dealkylation sites (N-methyl/N-ethyl adjacent to an activating group) is 1. The molecule has 0 aliphatic carbocycles. The van der Waals surface area contributed by atoms with E-state index in [9.17, 15) is 14.7 Å². The fourth-order valence-corrected chi connectivity index (χ4v) is 2.60. The van der Waals surface area contributed by atoms with Gasteiger partial charge in [-0.25, -0.2) is 9.59 Å². The highest BCUT2D eigenvalue weighted by atomic mass is 16.4. The van der Waals surface area contributed by atoms with Crippen LogP contribution in [-0.2, 0) is 0 Å². The molecule has 1 saturated heterocycles. The Morgan fingerprint density at radius 1 is 1.24 bits per heavy atom. The molecule has 1 fully saturated rings. The van der Waals surface area contributed by atoms with E-state index in [4.69, 9.17) is 0 Å². The molecule has 1 aliphatic heterocycles. The van der Waals surface area contributed by atoms with Crippen LogP contribution < -0.4 is 4.90 Å². The molecule has 0 saturated carbocycles. The van der Waals surface area contributed by atoms with Crippen LogP contribution in [0.4, 0.5) is 10.5 Å². The second-order valence-corrected chi connectivity index (χ2v) is 5.52. The second-order valence-electron chi connectivity index (χ2n) is 5.52. The van der Waals surface area contributed by atoms with E-state index in [1.165, 1.54) is 11.0 Å². The lowest BCUT2D eigenvalue weighted by Gasteiger charge is -2.26. The van der Waals surface area contributed by atoms with Crippen LogP contribution in [0.1, 0.15) is 16.8 Å². The van der Waals surface area contributed by atoms with Crippen LogP contribution in [0.3, 0.4) is 0 Å². The molecule has 0 radical (unpaired) electrons. The van der Waals surface area contributed by atoms with Crippen molar-refractivity contribution in [3.05, 3.63) is 29.8 Å². The Hall–Kier alpha value is -2.08. The van der Waals surface area contributed by atoms with Gasteiger partial charge in [0.2, 0.25) is 0 Å². The first-order chi connectivity index (χ1) is 9.91. The van der Waals surface area contributed by atoms with Gasteiger partial charge in [0.15, 0.2) is 0 Å². The summed E-state index contributed by atoms with van der Waals surface area (Å²) in [6, 6.07) is 6.75. The molecule has 1 aromatic rings. The topological polar surface area (TPSA) is 64.1 Å². The molecular weight excluding hydrogens is 270 g/mol. The van der Waals surface area contributed by atoms with Crippen LogP contribution in [0.5, 0.6) is 0 Å². The summed E-state index contributed by atoms with van der Waals surface area (Å²) in [6.07, 6.45) is 0.938. The highest BCUT2D eigenvalue weighted by molar-refractivity contribution is 6.01. The number of rotatable bonds is 3. The molecule has 1 heterocycles. The van der Waals surface area contributed by atoms with Gasteiger partial charge in [-0.15, -0.1) is 0 Å². The third-order valence-electron chi connectivity index (χ3n) is 3.95. The molecule has 0 bridgehead atoms. The Balaban J connectivity index is 2.15. The first kappa shape index (κ1) is 15.3. The van der Waals surface area contributed by atoms with Crippen molar-refractivity contribution in [2.45, 2.75) is 12.5 Å². The Labute approximate surface area is 124 Å². The van der Waals surface area contributed by atoms with Crippen molar-refractivity contribution in [3.8, 4) is 0 Å². The van der Waals surface area contributed by atoms with Gasteiger partial charge in [-0.05, 0) is 32.6 Å². The van der Waals surface area contributed by atoms with Crippen LogP contribution in [0.15, 0.2) is 24.3 Å². The molecule has 6 nitrogen and oxygen atoms in total. The molecule has 1 N–H and O–H groups in total. The van der Waals surface area contributed by atoms with Crippen molar-refractivity contribution in [2.24, 2.45) is 0 Å². The van der Waals surface area contributed by atoms with Gasteiger partial charge in [-0.1, -0.05) is 12.1 Å². The molecule has 1 atom stereocenters. The van der Waals surface area contributed by atoms with Gasteiger partial charge in [0.25, 0.3) is 0 Å². The lowest BCUT2D eigenvalue weighted by Crippen LogP contribution is -2.42. The minimum absolute atomic E-state index is 0.136. The first-order valence-corrected chi connectivity index (χ1v) is 6.93. The van der Waals surface area contributed by atoms with E-state index >= 15 is 0 Å². The monoisotopic (exact) mass is 291 g/mol. The number of carbonyl (C=O) groups is 2. The third kappa shape index (κ3) is 3.16. The quantitative estimate of drug-likeness (QED) is 0.918. The molecule has 2 amide bonds. The maximum absolute atomic E-state index is 12.5. The summed E-state index contributed by atoms with van der Waals surface area (Å²) in [6.45, 7) is 1.37. The Kier molecular flexibility index (Phi) is 4.47. The second kappa shape index (κ2) is 6.13. The summed E-state index contributed by atoms with van der Waals surface area (Å²) in [7, 11) is 5.62. The predicted molar refractivity (Wildman–Crippen MR) is 80.9 cm³/mol. The summed E-state index contributed by atoms with van der Waals surface area (Å²) < 4.78 is 0. The molecule has 2 rings (SSSR count). The number of para-hydroxylation sites is 1. The molecule has 1 aliphatic rings. The predicted octanol–water partition coefficient (Wildman–Crippen LogP) is 1.58. The highest BCUT2D eigenvalue weighted by Crippen LogP contribution is 2.22. The van der Waals surface area contributed by atoms with Crippen molar-refractivity contribution >= 4 is 17.7 Å². The standard InChI is InChI=1S/C15H21N3O3/c1-16(2)11-8-9-18(10-11)15(21)17(3)13-7-5-4-6-12(13)14(19)20/h4-7,11H,8-10H2,1-3H3,(H,19,20). The zero-order chi connectivity index (χ0) is 15.6. The van der Waals surface area contributed by atoms with Crippen molar-refractivity contribution in [2.75, 3.05) is 39.1 Å². The fourth-order valence-electron chi connectivity index (χ4n) is 2.60. The van der Waals surface area contributed by atoms with Gasteiger partial charge in [0, 0.05) is 26.2 Å². The summed E-state index contributed by atoms with van der Waals surface area (Å²) in [4.78, 5) is 29.1. The number of carbonyl (C=O) groups excluding carboxylic acids is 1. The fraction of sp³-hybridized carbons (Fsp3) is 0.467. The summed E-state index contributed by atoms with van der Waals surface area (Å²) in [5.74, 6) is -1.03. The molecule has 1 aromatic carbocycles. The van der Waals surface area contributed by atoms with Gasteiger partial charge >= 0.3 is 12.0 Å². The lowest BCUT2D eigenvalue weighted by atomic mass is 10.1. The van der Waals surface area contributed by atoms with Crippen LogP contribution >= 0.6 is 0 Å². The van der Waals surface area contributed by atoms with Gasteiger partial charge in [-0.3, -0.25) is 4.90 Å². The van der Waals surface area contributed by atoms with E-state index in [-0.39, 0.29) is 11.6 Å². The first-order valence-electron chi connectivity index (χ1n) is 6.93. The number of carboxylic acids is 1. The molecule has 21 heavy (non-hydrogen) atoms. The third-order valence-corrected chi connectivity index (χ3v) is 3.95. The highest BCUT2D eigenvalue weighted by Gasteiger charge is 2.30. The average Bonchev–Trinajstić information content (AvgIpc) is 2.95. The zero-order valence-electron chi connectivity index (χ0n) is 12.6. The number of amides is 2. The maximum atomic E-state index is 12.5. The minimum Gasteiger partial charge on any atom is -0.478 e. The van der Waals surface area contributed by atoms with E-state index in [0.717, 1.165) is 6.42 Å². The Bertz CT molecular complexity index is 545. The van der Waals surface area contributed by atoms with Crippen LogP contribution in [0.2, 0.25) is 0 Å². The van der Waals surface area contributed by atoms with E-state index < -0.39 is 5.97 Å². The maximum Gasteiger partial charge on any atom is 0.337 e. The number of nitrogens with zero attached hydrogens (tertiary/aromatic N) is 3. The molecule has 6 heteroatoms. The van der Waals surface area contributed by atoms with Crippen molar-refractivity contribution in [1.82, 2.24) is 9.80 Å². The molecule has 0 spiro atoms. The van der Waals surface area contributed by atoms with Gasteiger partial charge in [0.1, 0.15) is 0 Å². The van der Waals surface area contributed by atoms with E-state index in [1.807, 2.05) is 14.1 Å². The summed E-state index contributed by atoms with van der Waals surface area (Å²) in [5.41, 5.74) is 0.556. The Morgan fingerprint density at radius 3 is 2.48 bits per heavy atom. The van der Waals surface area contributed by atoms with E-state index in [2.05, 4.69) is 4.90 Å². The number of hydrogen-bond donors (Lipinski definition) is 1. The summed E-state index contributed by atoms with van der Waals surface area (Å²) in [5, 5.41) is 9.22. The molecule has 0 aromatic heterocycles. The number of benzene rings is 1. The number of likely N-dealkylation sites (tertiary alicyclic amines) is 1. The minimum atomic E-state index is -1.03. The number of urea groups is 1. The van der Waals surface area contributed by atoms with Gasteiger partial charge in [0.05, 0.1) is 11.3 Å². The van der Waals surface area contributed by atoms with Gasteiger partial charge < -0.3 is 14.9 Å². The number of aromatic carboxylic acids is 1. The molecular formula is C15H21N3O3. The smallest absolute Gasteiger partial charge is 0.337 e. The van der Waals surface area contributed by atoms with Gasteiger partial charge in [-0.2, -0.15) is 0 Å². The van der Waals surface area contributed by atoms with Crippen molar-refractivity contribution < 1.29 is 14.7 Å². The van der Waals surface area contributed by atoms with E-state index in [1.54, 1.807) is 30.1 Å². The summed E-state index contributed by atoms with van der Waals surface area (Å²) >= 11 is 0. The van der Waals surface area contributed by atoms with E-state index in [0.29, 0.717) is 24.8 Å². The van der Waals surface area contributed by atoms with Crippen molar-refractivity contribution in [3.63, 3.8) is 0 Å². The lowest BCUT2D eigenvalue weighted by molar-refractivity contribution is 0.0697. The van der Waals surface area contributed by atoms with Crippen LogP contribution in [0.25, 0.3) is 0 Å². The average molecular weight is 291 g/mol. The normalized spacial score (nSPS) is 18.1. The SMILES string of the molecule is CN(C(=O)N1CCC(N(C)C)C1)c1ccccc1C(=O)O.